The fourth-order valence-corrected chi connectivity index (χ4v) is 4.50. The van der Waals surface area contributed by atoms with Crippen LogP contribution in [0.1, 0.15) is 22.3 Å². The Morgan fingerprint density at radius 1 is 1.15 bits per heavy atom. The molecule has 0 radical (unpaired) electrons. The van der Waals surface area contributed by atoms with Gasteiger partial charge in [-0.1, -0.05) is 48.5 Å². The Morgan fingerprint density at radius 3 is 2.65 bits per heavy atom. The maximum Gasteiger partial charge on any atom is 0.330 e. The number of carbonyl (C=O) groups is 1. The van der Waals surface area contributed by atoms with E-state index in [4.69, 9.17) is 0 Å². The number of sulfonamides is 1. The molecule has 2 aromatic rings. The highest BCUT2D eigenvalue weighted by Crippen LogP contribution is 2.24. The number of fused-ring (bicyclic) bond motifs is 1. The zero-order valence-corrected chi connectivity index (χ0v) is 15.4. The van der Waals surface area contributed by atoms with Crippen LogP contribution >= 0.6 is 0 Å². The van der Waals surface area contributed by atoms with Gasteiger partial charge >= 0.3 is 5.97 Å². The molecule has 0 atom stereocenters. The molecule has 5 nitrogen and oxygen atoms in total. The van der Waals surface area contributed by atoms with Crippen molar-refractivity contribution in [3.05, 3.63) is 76.9 Å². The van der Waals surface area contributed by atoms with E-state index < -0.39 is 16.0 Å². The predicted molar refractivity (Wildman–Crippen MR) is 101 cm³/mol. The van der Waals surface area contributed by atoms with Crippen molar-refractivity contribution in [3.63, 3.8) is 0 Å². The molecular formula is C20H21NO4S. The lowest BCUT2D eigenvalue weighted by molar-refractivity contribution is -0.134. The lowest BCUT2D eigenvalue weighted by Crippen LogP contribution is -2.36. The van der Waals surface area contributed by atoms with Gasteiger partial charge in [-0.25, -0.2) is 13.2 Å². The average Bonchev–Trinajstić information content (AvgIpc) is 2.65. The van der Waals surface area contributed by atoms with Crippen molar-refractivity contribution in [2.45, 2.75) is 18.7 Å². The molecule has 1 heterocycles. The fourth-order valence-electron chi connectivity index (χ4n) is 3.00. The Hall–Kier alpha value is -2.44. The van der Waals surface area contributed by atoms with Crippen LogP contribution in [0.4, 0.5) is 0 Å². The Balaban J connectivity index is 1.77. The SMILES string of the molecule is COC(=O)/C=C/c1ccc2c(c1)CN(S(=O)(=O)Cc1ccccc1)CC2. The van der Waals surface area contributed by atoms with E-state index in [0.29, 0.717) is 19.5 Å². The summed E-state index contributed by atoms with van der Waals surface area (Å²) in [6.07, 6.45) is 3.71. The normalized spacial score (nSPS) is 15.0. The first-order valence-corrected chi connectivity index (χ1v) is 9.98. The van der Waals surface area contributed by atoms with Gasteiger partial charge in [0.1, 0.15) is 0 Å². The number of carbonyl (C=O) groups excluding carboxylic acids is 1. The average molecular weight is 371 g/mol. The molecule has 1 aliphatic rings. The summed E-state index contributed by atoms with van der Waals surface area (Å²) in [5.41, 5.74) is 3.75. The minimum Gasteiger partial charge on any atom is -0.466 e. The molecule has 26 heavy (non-hydrogen) atoms. The van der Waals surface area contributed by atoms with E-state index in [1.54, 1.807) is 6.08 Å². The first-order chi connectivity index (χ1) is 12.5. The lowest BCUT2D eigenvalue weighted by atomic mass is 9.98. The van der Waals surface area contributed by atoms with Crippen molar-refractivity contribution in [2.75, 3.05) is 13.7 Å². The lowest BCUT2D eigenvalue weighted by Gasteiger charge is -2.28. The van der Waals surface area contributed by atoms with Crippen molar-refractivity contribution in [2.24, 2.45) is 0 Å². The van der Waals surface area contributed by atoms with Crippen LogP contribution in [-0.4, -0.2) is 32.3 Å². The summed E-state index contributed by atoms with van der Waals surface area (Å²) in [7, 11) is -2.05. The molecule has 6 heteroatoms. The van der Waals surface area contributed by atoms with Crippen LogP contribution in [0, 0.1) is 0 Å². The summed E-state index contributed by atoms with van der Waals surface area (Å²) in [6, 6.07) is 15.1. The summed E-state index contributed by atoms with van der Waals surface area (Å²) >= 11 is 0. The largest absolute Gasteiger partial charge is 0.466 e. The molecule has 1 aliphatic heterocycles. The van der Waals surface area contributed by atoms with Crippen LogP contribution in [0.15, 0.2) is 54.6 Å². The molecule has 0 bridgehead atoms. The van der Waals surface area contributed by atoms with Crippen molar-refractivity contribution in [1.29, 1.82) is 0 Å². The van der Waals surface area contributed by atoms with Gasteiger partial charge in [-0.15, -0.1) is 0 Å². The van der Waals surface area contributed by atoms with Crippen LogP contribution in [-0.2, 0) is 38.3 Å². The van der Waals surface area contributed by atoms with E-state index in [1.165, 1.54) is 17.5 Å². The zero-order valence-electron chi connectivity index (χ0n) is 14.6. The van der Waals surface area contributed by atoms with Gasteiger partial charge < -0.3 is 4.74 Å². The Kier molecular flexibility index (Phi) is 5.54. The molecule has 0 fully saturated rings. The molecule has 136 valence electrons. The standard InChI is InChI=1S/C20H21NO4S/c1-25-20(22)10-8-16-7-9-18-11-12-21(14-19(18)13-16)26(23,24)15-17-5-3-2-4-6-17/h2-10,13H,11-12,14-15H2,1H3/b10-8+. The third-order valence-electron chi connectivity index (χ3n) is 4.41. The highest BCUT2D eigenvalue weighted by atomic mass is 32.2. The topological polar surface area (TPSA) is 63.7 Å². The molecule has 0 spiro atoms. The molecule has 0 N–H and O–H groups in total. The second-order valence-corrected chi connectivity index (χ2v) is 8.18. The summed E-state index contributed by atoms with van der Waals surface area (Å²) in [4.78, 5) is 11.2. The first kappa shape index (κ1) is 18.4. The van der Waals surface area contributed by atoms with Gasteiger partial charge in [-0.3, -0.25) is 0 Å². The Labute approximate surface area is 154 Å². The van der Waals surface area contributed by atoms with Crippen LogP contribution in [0.5, 0.6) is 0 Å². The number of hydrogen-bond donors (Lipinski definition) is 0. The van der Waals surface area contributed by atoms with Crippen LogP contribution in [0.25, 0.3) is 6.08 Å². The quantitative estimate of drug-likeness (QED) is 0.599. The van der Waals surface area contributed by atoms with Crippen molar-refractivity contribution in [3.8, 4) is 0 Å². The third-order valence-corrected chi connectivity index (χ3v) is 6.20. The molecular weight excluding hydrogens is 350 g/mol. The van der Waals surface area contributed by atoms with E-state index >= 15 is 0 Å². The molecule has 0 amide bonds. The van der Waals surface area contributed by atoms with Crippen molar-refractivity contribution in [1.82, 2.24) is 4.31 Å². The Morgan fingerprint density at radius 2 is 1.92 bits per heavy atom. The molecule has 3 rings (SSSR count). The number of esters is 1. The number of hydrogen-bond acceptors (Lipinski definition) is 4. The zero-order chi connectivity index (χ0) is 18.6. The van der Waals surface area contributed by atoms with Gasteiger partial charge in [-0.05, 0) is 34.8 Å². The molecule has 0 aliphatic carbocycles. The maximum absolute atomic E-state index is 12.8. The van der Waals surface area contributed by atoms with Gasteiger partial charge in [0.05, 0.1) is 12.9 Å². The van der Waals surface area contributed by atoms with Crippen LogP contribution < -0.4 is 0 Å². The number of ether oxygens (including phenoxy) is 1. The number of rotatable bonds is 5. The van der Waals surface area contributed by atoms with Gasteiger partial charge in [0.25, 0.3) is 0 Å². The van der Waals surface area contributed by atoms with E-state index in [-0.39, 0.29) is 5.75 Å². The molecule has 0 saturated heterocycles. The van der Waals surface area contributed by atoms with E-state index in [0.717, 1.165) is 22.3 Å². The second-order valence-electron chi connectivity index (χ2n) is 6.21. The molecule has 0 aromatic heterocycles. The summed E-state index contributed by atoms with van der Waals surface area (Å²) in [5, 5.41) is 0. The Bertz CT molecular complexity index is 920. The van der Waals surface area contributed by atoms with Crippen LogP contribution in [0.2, 0.25) is 0 Å². The van der Waals surface area contributed by atoms with Crippen molar-refractivity contribution >= 4 is 22.1 Å². The summed E-state index contributed by atoms with van der Waals surface area (Å²) in [5.74, 6) is -0.416. The first-order valence-electron chi connectivity index (χ1n) is 8.37. The van der Waals surface area contributed by atoms with E-state index in [2.05, 4.69) is 4.74 Å². The minimum atomic E-state index is -3.38. The summed E-state index contributed by atoms with van der Waals surface area (Å²) < 4.78 is 31.6. The van der Waals surface area contributed by atoms with Crippen molar-refractivity contribution < 1.29 is 17.9 Å². The smallest absolute Gasteiger partial charge is 0.330 e. The molecule has 2 aromatic carbocycles. The van der Waals surface area contributed by atoms with Gasteiger partial charge in [0, 0.05) is 19.2 Å². The number of nitrogens with zero attached hydrogens (tertiary/aromatic N) is 1. The predicted octanol–water partition coefficient (Wildman–Crippen LogP) is 2.76. The molecule has 0 saturated carbocycles. The number of benzene rings is 2. The molecule has 0 unspecified atom stereocenters. The van der Waals surface area contributed by atoms with Gasteiger partial charge in [0.15, 0.2) is 0 Å². The highest BCUT2D eigenvalue weighted by Gasteiger charge is 2.26. The summed E-state index contributed by atoms with van der Waals surface area (Å²) in [6.45, 7) is 0.837. The van der Waals surface area contributed by atoms with E-state index in [9.17, 15) is 13.2 Å². The van der Waals surface area contributed by atoms with Gasteiger partial charge in [0.2, 0.25) is 10.0 Å². The number of methoxy groups -OCH3 is 1. The monoisotopic (exact) mass is 371 g/mol. The second kappa shape index (κ2) is 7.85. The van der Waals surface area contributed by atoms with E-state index in [1.807, 2.05) is 48.5 Å². The fraction of sp³-hybridized carbons (Fsp3) is 0.250. The third kappa shape index (κ3) is 4.39. The maximum atomic E-state index is 12.8. The van der Waals surface area contributed by atoms with Gasteiger partial charge in [-0.2, -0.15) is 4.31 Å². The van der Waals surface area contributed by atoms with Crippen LogP contribution in [0.3, 0.4) is 0 Å². The minimum absolute atomic E-state index is 0.00507. The highest BCUT2D eigenvalue weighted by molar-refractivity contribution is 7.88.